The number of ketones is 1. The van der Waals surface area contributed by atoms with Crippen molar-refractivity contribution in [1.29, 1.82) is 0 Å². The van der Waals surface area contributed by atoms with Gasteiger partial charge in [0.2, 0.25) is 0 Å². The normalized spacial score (nSPS) is 24.3. The van der Waals surface area contributed by atoms with E-state index in [1.165, 1.54) is 0 Å². The molecule has 1 aliphatic heterocycles. The standard InChI is InChI=1S/C8H10N2OS/c11-7-1-2-9-3-6(7)8-4-10-5-12-8/h4-6,9H,1-3H2. The number of piperidine rings is 1. The van der Waals surface area contributed by atoms with E-state index in [1.54, 1.807) is 23.0 Å². The van der Waals surface area contributed by atoms with Crippen molar-refractivity contribution in [1.82, 2.24) is 10.3 Å². The van der Waals surface area contributed by atoms with Crippen molar-refractivity contribution in [2.45, 2.75) is 12.3 Å². The van der Waals surface area contributed by atoms with E-state index in [-0.39, 0.29) is 5.92 Å². The van der Waals surface area contributed by atoms with Crippen LogP contribution in [0.4, 0.5) is 0 Å². The summed E-state index contributed by atoms with van der Waals surface area (Å²) in [5, 5.41) is 3.21. The Morgan fingerprint density at radius 3 is 3.25 bits per heavy atom. The Bertz CT molecular complexity index is 271. The van der Waals surface area contributed by atoms with Crippen molar-refractivity contribution in [2.24, 2.45) is 0 Å². The molecular weight excluding hydrogens is 172 g/mol. The van der Waals surface area contributed by atoms with E-state index < -0.39 is 0 Å². The Labute approximate surface area is 74.8 Å². The number of carbonyl (C=O) groups is 1. The van der Waals surface area contributed by atoms with Gasteiger partial charge in [-0.2, -0.15) is 0 Å². The molecule has 1 aromatic rings. The molecule has 1 aromatic heterocycles. The van der Waals surface area contributed by atoms with Gasteiger partial charge in [0.05, 0.1) is 11.4 Å². The predicted molar refractivity (Wildman–Crippen MR) is 47.3 cm³/mol. The van der Waals surface area contributed by atoms with Gasteiger partial charge in [-0.15, -0.1) is 11.3 Å². The first-order valence-electron chi connectivity index (χ1n) is 4.00. The van der Waals surface area contributed by atoms with Crippen molar-refractivity contribution in [3.05, 3.63) is 16.6 Å². The molecule has 0 aromatic carbocycles. The molecule has 1 unspecified atom stereocenters. The molecular formula is C8H10N2OS. The Morgan fingerprint density at radius 1 is 1.67 bits per heavy atom. The van der Waals surface area contributed by atoms with Crippen LogP contribution in [0.3, 0.4) is 0 Å². The SMILES string of the molecule is O=C1CCNCC1c1cncs1. The summed E-state index contributed by atoms with van der Waals surface area (Å²) in [5.41, 5.74) is 1.78. The molecule has 1 fully saturated rings. The van der Waals surface area contributed by atoms with Gasteiger partial charge < -0.3 is 5.32 Å². The van der Waals surface area contributed by atoms with Crippen LogP contribution in [0, 0.1) is 0 Å². The highest BCUT2D eigenvalue weighted by atomic mass is 32.1. The van der Waals surface area contributed by atoms with Crippen LogP contribution in [0.2, 0.25) is 0 Å². The highest BCUT2D eigenvalue weighted by Crippen LogP contribution is 2.22. The minimum absolute atomic E-state index is 0.0613. The van der Waals surface area contributed by atoms with Crippen LogP contribution in [0.25, 0.3) is 0 Å². The second-order valence-corrected chi connectivity index (χ2v) is 3.79. The van der Waals surface area contributed by atoms with Gasteiger partial charge in [0, 0.05) is 30.6 Å². The molecule has 1 aliphatic rings. The molecule has 0 radical (unpaired) electrons. The molecule has 0 spiro atoms. The average Bonchev–Trinajstić information content (AvgIpc) is 2.57. The number of Topliss-reactive ketones (excluding diaryl/α,β-unsaturated/α-hetero) is 1. The quantitative estimate of drug-likeness (QED) is 0.698. The van der Waals surface area contributed by atoms with Crippen LogP contribution in [-0.4, -0.2) is 23.9 Å². The van der Waals surface area contributed by atoms with Gasteiger partial charge in [0.1, 0.15) is 5.78 Å². The zero-order chi connectivity index (χ0) is 8.39. The summed E-state index contributed by atoms with van der Waals surface area (Å²) in [7, 11) is 0. The van der Waals surface area contributed by atoms with Crippen LogP contribution in [0.15, 0.2) is 11.7 Å². The van der Waals surface area contributed by atoms with E-state index in [0.29, 0.717) is 12.2 Å². The summed E-state index contributed by atoms with van der Waals surface area (Å²) in [4.78, 5) is 16.5. The van der Waals surface area contributed by atoms with E-state index in [4.69, 9.17) is 0 Å². The molecule has 64 valence electrons. The third kappa shape index (κ3) is 1.40. The molecule has 1 saturated heterocycles. The molecule has 0 bridgehead atoms. The smallest absolute Gasteiger partial charge is 0.143 e. The Morgan fingerprint density at radius 2 is 2.58 bits per heavy atom. The van der Waals surface area contributed by atoms with Gasteiger partial charge in [-0.3, -0.25) is 9.78 Å². The highest BCUT2D eigenvalue weighted by molar-refractivity contribution is 7.09. The van der Waals surface area contributed by atoms with Crippen LogP contribution in [0.5, 0.6) is 0 Å². The van der Waals surface area contributed by atoms with Gasteiger partial charge in [0.25, 0.3) is 0 Å². The minimum Gasteiger partial charge on any atom is -0.315 e. The van der Waals surface area contributed by atoms with Crippen LogP contribution in [-0.2, 0) is 4.79 Å². The number of aromatic nitrogens is 1. The van der Waals surface area contributed by atoms with E-state index in [2.05, 4.69) is 10.3 Å². The summed E-state index contributed by atoms with van der Waals surface area (Å²) in [6.07, 6.45) is 2.45. The zero-order valence-electron chi connectivity index (χ0n) is 6.62. The molecule has 0 amide bonds. The summed E-state index contributed by atoms with van der Waals surface area (Å²) in [5.74, 6) is 0.407. The van der Waals surface area contributed by atoms with Gasteiger partial charge in [0.15, 0.2) is 0 Å². The molecule has 4 heteroatoms. The molecule has 2 rings (SSSR count). The molecule has 0 saturated carbocycles. The molecule has 12 heavy (non-hydrogen) atoms. The Kier molecular flexibility index (Phi) is 2.19. The predicted octanol–water partition coefficient (Wildman–Crippen LogP) is 0.789. The summed E-state index contributed by atoms with van der Waals surface area (Å²) in [6, 6.07) is 0. The lowest BCUT2D eigenvalue weighted by molar-refractivity contribution is -0.121. The second kappa shape index (κ2) is 3.33. The second-order valence-electron chi connectivity index (χ2n) is 2.88. The van der Waals surface area contributed by atoms with Gasteiger partial charge in [-0.1, -0.05) is 0 Å². The summed E-state index contributed by atoms with van der Waals surface area (Å²) < 4.78 is 0. The Balaban J connectivity index is 2.17. The van der Waals surface area contributed by atoms with Gasteiger partial charge in [-0.05, 0) is 0 Å². The van der Waals surface area contributed by atoms with Crippen molar-refractivity contribution < 1.29 is 4.79 Å². The number of hydrogen-bond donors (Lipinski definition) is 1. The van der Waals surface area contributed by atoms with Gasteiger partial charge in [-0.25, -0.2) is 0 Å². The number of thiazole rings is 1. The van der Waals surface area contributed by atoms with Crippen LogP contribution in [0.1, 0.15) is 17.2 Å². The largest absolute Gasteiger partial charge is 0.315 e. The maximum Gasteiger partial charge on any atom is 0.143 e. The minimum atomic E-state index is 0.0613. The van der Waals surface area contributed by atoms with Crippen molar-refractivity contribution in [3.8, 4) is 0 Å². The third-order valence-electron chi connectivity index (χ3n) is 2.08. The maximum absolute atomic E-state index is 11.4. The lowest BCUT2D eigenvalue weighted by Crippen LogP contribution is -2.34. The summed E-state index contributed by atoms with van der Waals surface area (Å²) >= 11 is 1.56. The third-order valence-corrected chi connectivity index (χ3v) is 2.97. The first-order chi connectivity index (χ1) is 5.88. The lowest BCUT2D eigenvalue weighted by atomic mass is 9.97. The fraction of sp³-hybridized carbons (Fsp3) is 0.500. The van der Waals surface area contributed by atoms with Crippen LogP contribution < -0.4 is 5.32 Å². The zero-order valence-corrected chi connectivity index (χ0v) is 7.43. The van der Waals surface area contributed by atoms with E-state index >= 15 is 0 Å². The molecule has 1 N–H and O–H groups in total. The van der Waals surface area contributed by atoms with E-state index in [9.17, 15) is 4.79 Å². The number of rotatable bonds is 1. The number of carbonyl (C=O) groups excluding carboxylic acids is 1. The first kappa shape index (κ1) is 7.89. The molecule has 1 atom stereocenters. The average molecular weight is 182 g/mol. The molecule has 2 heterocycles. The van der Waals surface area contributed by atoms with Crippen molar-refractivity contribution in [2.75, 3.05) is 13.1 Å². The van der Waals surface area contributed by atoms with Crippen molar-refractivity contribution in [3.63, 3.8) is 0 Å². The molecule has 0 aliphatic carbocycles. The summed E-state index contributed by atoms with van der Waals surface area (Å²) in [6.45, 7) is 1.61. The van der Waals surface area contributed by atoms with Gasteiger partial charge >= 0.3 is 0 Å². The van der Waals surface area contributed by atoms with Crippen LogP contribution >= 0.6 is 11.3 Å². The lowest BCUT2D eigenvalue weighted by Gasteiger charge is -2.19. The molecule has 3 nitrogen and oxygen atoms in total. The maximum atomic E-state index is 11.4. The first-order valence-corrected chi connectivity index (χ1v) is 4.87. The fourth-order valence-electron chi connectivity index (χ4n) is 1.40. The van der Waals surface area contributed by atoms with Crippen molar-refractivity contribution >= 4 is 17.1 Å². The van der Waals surface area contributed by atoms with E-state index in [1.807, 2.05) is 0 Å². The number of hydrogen-bond acceptors (Lipinski definition) is 4. The highest BCUT2D eigenvalue weighted by Gasteiger charge is 2.24. The Hall–Kier alpha value is -0.740. The van der Waals surface area contributed by atoms with E-state index in [0.717, 1.165) is 18.0 Å². The fourth-order valence-corrected chi connectivity index (χ4v) is 2.15. The number of nitrogens with one attached hydrogen (secondary N) is 1. The number of nitrogens with zero attached hydrogens (tertiary/aromatic N) is 1. The topological polar surface area (TPSA) is 42.0 Å². The monoisotopic (exact) mass is 182 g/mol.